The van der Waals surface area contributed by atoms with Crippen molar-refractivity contribution in [3.05, 3.63) is 35.6 Å². The first-order chi connectivity index (χ1) is 13.6. The lowest BCUT2D eigenvalue weighted by atomic mass is 10.0. The molecule has 5 nitrogen and oxygen atoms in total. The molecule has 2 amide bonds. The molecule has 150 valence electrons. The van der Waals surface area contributed by atoms with E-state index in [1.54, 1.807) is 7.05 Å². The molecule has 0 spiro atoms. The molecule has 1 aromatic heterocycles. The molecule has 0 radical (unpaired) electrons. The van der Waals surface area contributed by atoms with Crippen molar-refractivity contribution in [3.63, 3.8) is 0 Å². The van der Waals surface area contributed by atoms with Crippen LogP contribution in [0.2, 0.25) is 0 Å². The van der Waals surface area contributed by atoms with Crippen LogP contribution < -0.4 is 5.32 Å². The molecule has 4 rings (SSSR count). The third-order valence-corrected chi connectivity index (χ3v) is 6.98. The van der Waals surface area contributed by atoms with E-state index in [1.807, 2.05) is 36.0 Å². The second kappa shape index (κ2) is 8.60. The minimum atomic E-state index is -0.221. The number of thioether (sulfide) groups is 1. The minimum Gasteiger partial charge on any atom is -0.451 e. The van der Waals surface area contributed by atoms with Crippen molar-refractivity contribution in [1.82, 2.24) is 10.2 Å². The second-order valence-corrected chi connectivity index (χ2v) is 9.27. The minimum absolute atomic E-state index is 0.0571. The SMILES string of the molecule is CN(CC(=O)NC1CC1)C(=O)c1oc2ccccc2c1CSC1CCCCC1. The lowest BCUT2D eigenvalue weighted by Crippen LogP contribution is -2.39. The number of benzene rings is 1. The maximum atomic E-state index is 13.1. The highest BCUT2D eigenvalue weighted by Gasteiger charge is 2.27. The lowest BCUT2D eigenvalue weighted by molar-refractivity contribution is -0.121. The van der Waals surface area contributed by atoms with E-state index in [9.17, 15) is 9.59 Å². The number of para-hydroxylation sites is 1. The van der Waals surface area contributed by atoms with E-state index in [4.69, 9.17) is 4.42 Å². The molecule has 6 heteroatoms. The molecule has 0 saturated heterocycles. The first kappa shape index (κ1) is 19.4. The maximum Gasteiger partial charge on any atom is 0.290 e. The summed E-state index contributed by atoms with van der Waals surface area (Å²) in [6.07, 6.45) is 8.52. The van der Waals surface area contributed by atoms with Crippen molar-refractivity contribution in [2.24, 2.45) is 0 Å². The smallest absolute Gasteiger partial charge is 0.290 e. The Kier molecular flexibility index (Phi) is 5.95. The van der Waals surface area contributed by atoms with Crippen molar-refractivity contribution in [1.29, 1.82) is 0 Å². The van der Waals surface area contributed by atoms with Gasteiger partial charge in [-0.15, -0.1) is 0 Å². The van der Waals surface area contributed by atoms with Gasteiger partial charge in [-0.2, -0.15) is 11.8 Å². The van der Waals surface area contributed by atoms with E-state index in [0.29, 0.717) is 17.1 Å². The van der Waals surface area contributed by atoms with Gasteiger partial charge >= 0.3 is 0 Å². The molecular weight excluding hydrogens is 372 g/mol. The Balaban J connectivity index is 1.50. The van der Waals surface area contributed by atoms with Crippen LogP contribution in [-0.2, 0) is 10.5 Å². The predicted octanol–water partition coefficient (Wildman–Crippen LogP) is 4.35. The molecule has 1 heterocycles. The number of furan rings is 1. The van der Waals surface area contributed by atoms with Crippen molar-refractivity contribution in [2.75, 3.05) is 13.6 Å². The third kappa shape index (κ3) is 4.54. The van der Waals surface area contributed by atoms with Gasteiger partial charge in [-0.05, 0) is 31.7 Å². The first-order valence-electron chi connectivity index (χ1n) is 10.3. The monoisotopic (exact) mass is 400 g/mol. The predicted molar refractivity (Wildman–Crippen MR) is 113 cm³/mol. The molecule has 0 bridgehead atoms. The fraction of sp³-hybridized carbons (Fsp3) is 0.545. The summed E-state index contributed by atoms with van der Waals surface area (Å²) in [6, 6.07) is 8.12. The Bertz CT molecular complexity index is 853. The molecule has 2 aliphatic rings. The zero-order chi connectivity index (χ0) is 19.5. The van der Waals surface area contributed by atoms with Crippen LogP contribution in [-0.4, -0.2) is 41.6 Å². The summed E-state index contributed by atoms with van der Waals surface area (Å²) >= 11 is 1.93. The number of hydrogen-bond acceptors (Lipinski definition) is 4. The number of hydrogen-bond donors (Lipinski definition) is 1. The standard InChI is InChI=1S/C22H28N2O3S/c1-24(13-20(25)23-15-11-12-15)22(26)21-18(14-28-16-7-3-2-4-8-16)17-9-5-6-10-19(17)27-21/h5-6,9-10,15-16H,2-4,7-8,11-14H2,1H3,(H,23,25). The number of nitrogens with zero attached hydrogens (tertiary/aromatic N) is 1. The van der Waals surface area contributed by atoms with Crippen LogP contribution in [0, 0.1) is 0 Å². The van der Waals surface area contributed by atoms with E-state index in [1.165, 1.54) is 37.0 Å². The number of amides is 2. The Morgan fingerprint density at radius 1 is 1.14 bits per heavy atom. The maximum absolute atomic E-state index is 13.1. The molecular formula is C22H28N2O3S. The molecule has 2 saturated carbocycles. The quantitative estimate of drug-likeness (QED) is 0.751. The van der Waals surface area contributed by atoms with Crippen LogP contribution in [0.1, 0.15) is 61.1 Å². The largest absolute Gasteiger partial charge is 0.451 e. The van der Waals surface area contributed by atoms with Gasteiger partial charge in [0.1, 0.15) is 5.58 Å². The Labute approximate surface area is 170 Å². The lowest BCUT2D eigenvalue weighted by Gasteiger charge is -2.21. The van der Waals surface area contributed by atoms with E-state index in [2.05, 4.69) is 5.32 Å². The van der Waals surface area contributed by atoms with Crippen molar-refractivity contribution in [2.45, 2.75) is 62.0 Å². The van der Waals surface area contributed by atoms with E-state index in [0.717, 1.165) is 35.1 Å². The van der Waals surface area contributed by atoms with Gasteiger partial charge in [0.25, 0.3) is 5.91 Å². The fourth-order valence-corrected chi connectivity index (χ4v) is 5.17. The molecule has 0 unspecified atom stereocenters. The van der Waals surface area contributed by atoms with Gasteiger partial charge in [0, 0.05) is 35.0 Å². The molecule has 2 aromatic rings. The van der Waals surface area contributed by atoms with Crippen LogP contribution in [0.15, 0.2) is 28.7 Å². The normalized spacial score (nSPS) is 17.6. The average molecular weight is 401 g/mol. The van der Waals surface area contributed by atoms with Gasteiger partial charge in [-0.25, -0.2) is 0 Å². The summed E-state index contributed by atoms with van der Waals surface area (Å²) in [5, 5.41) is 4.60. The molecule has 0 atom stereocenters. The summed E-state index contributed by atoms with van der Waals surface area (Å²) in [4.78, 5) is 26.6. The zero-order valence-electron chi connectivity index (χ0n) is 16.4. The third-order valence-electron chi connectivity index (χ3n) is 5.58. The summed E-state index contributed by atoms with van der Waals surface area (Å²) in [5.41, 5.74) is 1.70. The van der Waals surface area contributed by atoms with Crippen molar-refractivity contribution < 1.29 is 14.0 Å². The van der Waals surface area contributed by atoms with Crippen LogP contribution in [0.4, 0.5) is 0 Å². The molecule has 2 fully saturated rings. The topological polar surface area (TPSA) is 62.6 Å². The summed E-state index contributed by atoms with van der Waals surface area (Å²) in [5.74, 6) is 0.824. The van der Waals surface area contributed by atoms with Crippen LogP contribution in [0.5, 0.6) is 0 Å². The number of nitrogens with one attached hydrogen (secondary N) is 1. The number of carbonyl (C=O) groups is 2. The first-order valence-corrected chi connectivity index (χ1v) is 11.3. The summed E-state index contributed by atoms with van der Waals surface area (Å²) in [6.45, 7) is 0.0571. The van der Waals surface area contributed by atoms with E-state index in [-0.39, 0.29) is 18.4 Å². The molecule has 2 aliphatic carbocycles. The van der Waals surface area contributed by atoms with Crippen LogP contribution in [0.3, 0.4) is 0 Å². The van der Waals surface area contributed by atoms with Gasteiger partial charge < -0.3 is 14.6 Å². The highest BCUT2D eigenvalue weighted by Crippen LogP contribution is 2.35. The second-order valence-electron chi connectivity index (χ2n) is 7.98. The number of carbonyl (C=O) groups excluding carboxylic acids is 2. The molecule has 0 aliphatic heterocycles. The van der Waals surface area contributed by atoms with E-state index < -0.39 is 0 Å². The van der Waals surface area contributed by atoms with E-state index >= 15 is 0 Å². The Morgan fingerprint density at radius 3 is 2.64 bits per heavy atom. The molecule has 28 heavy (non-hydrogen) atoms. The highest BCUT2D eigenvalue weighted by atomic mass is 32.2. The van der Waals surface area contributed by atoms with Crippen molar-refractivity contribution >= 4 is 34.5 Å². The Hall–Kier alpha value is -1.95. The van der Waals surface area contributed by atoms with Crippen LogP contribution in [0.25, 0.3) is 11.0 Å². The number of likely N-dealkylation sites (N-methyl/N-ethyl adjacent to an activating group) is 1. The Morgan fingerprint density at radius 2 is 1.89 bits per heavy atom. The fourth-order valence-electron chi connectivity index (χ4n) is 3.81. The summed E-state index contributed by atoms with van der Waals surface area (Å²) < 4.78 is 5.96. The summed E-state index contributed by atoms with van der Waals surface area (Å²) in [7, 11) is 1.67. The average Bonchev–Trinajstić information content (AvgIpc) is 3.44. The molecule has 1 aromatic carbocycles. The molecule has 1 N–H and O–H groups in total. The highest BCUT2D eigenvalue weighted by molar-refractivity contribution is 7.99. The van der Waals surface area contributed by atoms with Crippen LogP contribution >= 0.6 is 11.8 Å². The van der Waals surface area contributed by atoms with Crippen molar-refractivity contribution in [3.8, 4) is 0 Å². The van der Waals surface area contributed by atoms with Gasteiger partial charge in [-0.3, -0.25) is 9.59 Å². The number of rotatable bonds is 7. The van der Waals surface area contributed by atoms with Gasteiger partial charge in [0.15, 0.2) is 5.76 Å². The van der Waals surface area contributed by atoms with Gasteiger partial charge in [0.2, 0.25) is 5.91 Å². The van der Waals surface area contributed by atoms with Gasteiger partial charge in [-0.1, -0.05) is 37.5 Å². The van der Waals surface area contributed by atoms with Gasteiger partial charge in [0.05, 0.1) is 6.54 Å². The number of fused-ring (bicyclic) bond motifs is 1. The zero-order valence-corrected chi connectivity index (χ0v) is 17.2.